The summed E-state index contributed by atoms with van der Waals surface area (Å²) in [7, 11) is 0. The zero-order chi connectivity index (χ0) is 16.8. The molecule has 0 amide bonds. The Balaban J connectivity index is 2.22. The van der Waals surface area contributed by atoms with Crippen molar-refractivity contribution in [1.82, 2.24) is 14.6 Å². The summed E-state index contributed by atoms with van der Waals surface area (Å²) in [6.45, 7) is 0. The minimum Gasteiger partial charge on any atom is -0.478 e. The second kappa shape index (κ2) is 4.97. The first-order valence-electron chi connectivity index (χ1n) is 6.32. The number of carboxylic acid groups (broad SMARTS) is 1. The topological polar surface area (TPSA) is 93.5 Å². The average molecular weight is 322 g/mol. The van der Waals surface area contributed by atoms with E-state index in [1.54, 1.807) is 0 Å². The molecule has 0 aliphatic carbocycles. The first-order chi connectivity index (χ1) is 10.8. The highest BCUT2D eigenvalue weighted by molar-refractivity contribution is 5.96. The minimum atomic E-state index is -4.49. The van der Waals surface area contributed by atoms with Crippen molar-refractivity contribution in [3.8, 4) is 11.1 Å². The lowest BCUT2D eigenvalue weighted by atomic mass is 10.0. The number of nitrogens with zero attached hydrogens (tertiary/aromatic N) is 3. The number of pyridine rings is 1. The zero-order valence-electron chi connectivity index (χ0n) is 11.4. The molecule has 0 saturated carbocycles. The molecule has 0 spiro atoms. The van der Waals surface area contributed by atoms with Crippen LogP contribution in [0.15, 0.2) is 36.5 Å². The number of aromatic nitrogens is 3. The Morgan fingerprint density at radius 3 is 2.61 bits per heavy atom. The van der Waals surface area contributed by atoms with Gasteiger partial charge in [0.25, 0.3) is 0 Å². The number of aromatic carboxylic acids is 1. The molecule has 0 fully saturated rings. The normalized spacial score (nSPS) is 11.8. The average Bonchev–Trinajstić information content (AvgIpc) is 2.85. The monoisotopic (exact) mass is 322 g/mol. The summed E-state index contributed by atoms with van der Waals surface area (Å²) in [6, 6.07) is 5.81. The van der Waals surface area contributed by atoms with Gasteiger partial charge in [0.15, 0.2) is 5.65 Å². The zero-order valence-corrected chi connectivity index (χ0v) is 11.4. The van der Waals surface area contributed by atoms with Gasteiger partial charge in [-0.2, -0.15) is 18.2 Å². The van der Waals surface area contributed by atoms with E-state index in [9.17, 15) is 23.1 Å². The summed E-state index contributed by atoms with van der Waals surface area (Å²) in [4.78, 5) is 15.1. The number of nitrogens with two attached hydrogens (primary N) is 1. The number of hydrogen-bond acceptors (Lipinski definition) is 4. The molecule has 3 N–H and O–H groups in total. The van der Waals surface area contributed by atoms with Gasteiger partial charge in [0.05, 0.1) is 5.56 Å². The molecule has 2 heterocycles. The van der Waals surface area contributed by atoms with Crippen LogP contribution in [-0.4, -0.2) is 25.7 Å². The van der Waals surface area contributed by atoms with Gasteiger partial charge in [-0.3, -0.25) is 0 Å². The van der Waals surface area contributed by atoms with Crippen molar-refractivity contribution in [3.05, 3.63) is 47.7 Å². The van der Waals surface area contributed by atoms with E-state index < -0.39 is 17.7 Å². The van der Waals surface area contributed by atoms with E-state index in [0.717, 1.165) is 16.6 Å². The molecule has 6 nitrogen and oxygen atoms in total. The van der Waals surface area contributed by atoms with Crippen molar-refractivity contribution in [1.29, 1.82) is 0 Å². The number of fused-ring (bicyclic) bond motifs is 1. The van der Waals surface area contributed by atoms with Crippen LogP contribution in [0, 0.1) is 0 Å². The summed E-state index contributed by atoms with van der Waals surface area (Å²) in [5.74, 6) is -1.41. The van der Waals surface area contributed by atoms with E-state index in [4.69, 9.17) is 5.73 Å². The molecule has 0 aliphatic rings. The SMILES string of the molecule is Nc1nc2c(C(=O)O)cc(-c3cccc(C(F)(F)F)c3)cn2n1. The van der Waals surface area contributed by atoms with Crippen LogP contribution in [0.2, 0.25) is 0 Å². The van der Waals surface area contributed by atoms with Crippen molar-refractivity contribution in [2.24, 2.45) is 0 Å². The fourth-order valence-corrected chi connectivity index (χ4v) is 2.19. The fraction of sp³-hybridized carbons (Fsp3) is 0.0714. The van der Waals surface area contributed by atoms with E-state index in [1.807, 2.05) is 0 Å². The predicted molar refractivity (Wildman–Crippen MR) is 74.8 cm³/mol. The third-order valence-corrected chi connectivity index (χ3v) is 3.20. The van der Waals surface area contributed by atoms with Crippen molar-refractivity contribution >= 4 is 17.6 Å². The molecule has 0 unspecified atom stereocenters. The first kappa shape index (κ1) is 14.8. The second-order valence-corrected chi connectivity index (χ2v) is 4.76. The van der Waals surface area contributed by atoms with Crippen molar-refractivity contribution in [3.63, 3.8) is 0 Å². The van der Waals surface area contributed by atoms with E-state index >= 15 is 0 Å². The van der Waals surface area contributed by atoms with E-state index in [-0.39, 0.29) is 28.3 Å². The summed E-state index contributed by atoms with van der Waals surface area (Å²) < 4.78 is 39.6. The van der Waals surface area contributed by atoms with Gasteiger partial charge in [-0.25, -0.2) is 9.31 Å². The van der Waals surface area contributed by atoms with E-state index in [2.05, 4.69) is 10.1 Å². The number of anilines is 1. The number of halogens is 3. The van der Waals surface area contributed by atoms with Gasteiger partial charge in [-0.05, 0) is 23.8 Å². The molecule has 1 aromatic carbocycles. The third-order valence-electron chi connectivity index (χ3n) is 3.20. The Labute approximate surface area is 127 Å². The van der Waals surface area contributed by atoms with Crippen molar-refractivity contribution < 1.29 is 23.1 Å². The molecule has 3 aromatic rings. The highest BCUT2D eigenvalue weighted by Gasteiger charge is 2.30. The van der Waals surface area contributed by atoms with Crippen molar-refractivity contribution in [2.45, 2.75) is 6.18 Å². The van der Waals surface area contributed by atoms with Crippen LogP contribution in [-0.2, 0) is 6.18 Å². The standard InChI is InChI=1S/C14H9F3N4O2/c15-14(16,17)9-3-1-2-7(4-9)8-5-10(12(22)23)11-19-13(18)20-21(11)6-8/h1-6H,(H2,18,20)(H,22,23). The number of hydrogen-bond donors (Lipinski definition) is 2. The number of alkyl halides is 3. The van der Waals surface area contributed by atoms with E-state index in [0.29, 0.717) is 0 Å². The molecule has 0 atom stereocenters. The van der Waals surface area contributed by atoms with Crippen molar-refractivity contribution in [2.75, 3.05) is 5.73 Å². The predicted octanol–water partition coefficient (Wildman–Crippen LogP) is 2.70. The largest absolute Gasteiger partial charge is 0.478 e. The van der Waals surface area contributed by atoms with Gasteiger partial charge in [-0.1, -0.05) is 12.1 Å². The van der Waals surface area contributed by atoms with E-state index in [1.165, 1.54) is 24.4 Å². The lowest BCUT2D eigenvalue weighted by molar-refractivity contribution is -0.137. The Bertz CT molecular complexity index is 918. The van der Waals surface area contributed by atoms with Crippen LogP contribution in [0.3, 0.4) is 0 Å². The maximum Gasteiger partial charge on any atom is 0.416 e. The molecule has 3 rings (SSSR count). The summed E-state index contributed by atoms with van der Waals surface area (Å²) in [5.41, 5.74) is 4.89. The first-order valence-corrected chi connectivity index (χ1v) is 6.32. The number of nitrogen functional groups attached to an aromatic ring is 1. The van der Waals surface area contributed by atoms with Crippen LogP contribution in [0.1, 0.15) is 15.9 Å². The van der Waals surface area contributed by atoms with Gasteiger partial charge >= 0.3 is 12.1 Å². The highest BCUT2D eigenvalue weighted by Crippen LogP contribution is 2.32. The molecule has 0 aliphatic heterocycles. The summed E-state index contributed by atoms with van der Waals surface area (Å²) in [6.07, 6.45) is -3.12. The van der Waals surface area contributed by atoms with Gasteiger partial charge in [-0.15, -0.1) is 5.10 Å². The van der Waals surface area contributed by atoms with Gasteiger partial charge in [0.2, 0.25) is 5.95 Å². The van der Waals surface area contributed by atoms with Gasteiger partial charge in [0, 0.05) is 11.8 Å². The Kier molecular flexibility index (Phi) is 3.20. The molecule has 23 heavy (non-hydrogen) atoms. The molecule has 9 heteroatoms. The molecule has 118 valence electrons. The smallest absolute Gasteiger partial charge is 0.416 e. The minimum absolute atomic E-state index is 0.0192. The summed E-state index contributed by atoms with van der Waals surface area (Å²) in [5, 5.41) is 13.1. The van der Waals surface area contributed by atoms with Crippen LogP contribution in [0.5, 0.6) is 0 Å². The molecule has 0 saturated heterocycles. The Hall–Kier alpha value is -3.10. The van der Waals surface area contributed by atoms with Crippen LogP contribution >= 0.6 is 0 Å². The number of benzene rings is 1. The number of carboxylic acids is 1. The van der Waals surface area contributed by atoms with Crippen LogP contribution < -0.4 is 5.73 Å². The maximum absolute atomic E-state index is 12.8. The molecule has 2 aromatic heterocycles. The fourth-order valence-electron chi connectivity index (χ4n) is 2.19. The lowest BCUT2D eigenvalue weighted by Crippen LogP contribution is -2.05. The molecule has 0 radical (unpaired) electrons. The second-order valence-electron chi connectivity index (χ2n) is 4.76. The number of carbonyl (C=O) groups is 1. The Morgan fingerprint density at radius 1 is 1.22 bits per heavy atom. The maximum atomic E-state index is 12.8. The molecular formula is C14H9F3N4O2. The number of rotatable bonds is 2. The lowest BCUT2D eigenvalue weighted by Gasteiger charge is -2.09. The Morgan fingerprint density at radius 2 is 1.96 bits per heavy atom. The van der Waals surface area contributed by atoms with Crippen LogP contribution in [0.4, 0.5) is 19.1 Å². The quantitative estimate of drug-likeness (QED) is 0.756. The highest BCUT2D eigenvalue weighted by atomic mass is 19.4. The molecular weight excluding hydrogens is 313 g/mol. The summed E-state index contributed by atoms with van der Waals surface area (Å²) >= 11 is 0. The third kappa shape index (κ3) is 2.68. The van der Waals surface area contributed by atoms with Crippen LogP contribution in [0.25, 0.3) is 16.8 Å². The van der Waals surface area contributed by atoms with Gasteiger partial charge in [0.1, 0.15) is 5.56 Å². The van der Waals surface area contributed by atoms with Gasteiger partial charge < -0.3 is 10.8 Å². The molecule has 0 bridgehead atoms.